The van der Waals surface area contributed by atoms with Crippen molar-refractivity contribution in [3.8, 4) is 0 Å². The van der Waals surface area contributed by atoms with Gasteiger partial charge in [-0.25, -0.2) is 0 Å². The molecule has 0 amide bonds. The Balaban J connectivity index is 4.31. The van der Waals surface area contributed by atoms with Crippen LogP contribution in [-0.2, 0) is 14.3 Å². The van der Waals surface area contributed by atoms with E-state index >= 15 is 0 Å². The van der Waals surface area contributed by atoms with Crippen molar-refractivity contribution in [2.45, 2.75) is 39.7 Å². The number of hydrogen-bond donors (Lipinski definition) is 1. The highest BCUT2D eigenvalue weighted by molar-refractivity contribution is 5.80. The van der Waals surface area contributed by atoms with Gasteiger partial charge in [0.2, 0.25) is 0 Å². The van der Waals surface area contributed by atoms with Crippen LogP contribution in [-0.4, -0.2) is 62.9 Å². The zero-order chi connectivity index (χ0) is 14.7. The average molecular weight is 274 g/mol. The summed E-state index contributed by atoms with van der Waals surface area (Å²) in [5, 5.41) is 3.22. The highest BCUT2D eigenvalue weighted by atomic mass is 16.5. The number of esters is 1. The molecule has 0 aliphatic rings. The fourth-order valence-corrected chi connectivity index (χ4v) is 2.03. The quantitative estimate of drug-likeness (QED) is 0.454. The standard InChI is InChI=1S/C14H30N2O3/c1-6-15-14(4,13(17)18-5)9-10-16(7-2)11-12-19-8-3/h15H,6-12H2,1-5H3. The molecule has 0 fully saturated rings. The largest absolute Gasteiger partial charge is 0.468 e. The van der Waals surface area contributed by atoms with Crippen LogP contribution >= 0.6 is 0 Å². The normalized spacial score (nSPS) is 14.4. The molecule has 1 N–H and O–H groups in total. The number of nitrogens with zero attached hydrogens (tertiary/aromatic N) is 1. The SMILES string of the molecule is CCNC(C)(CCN(CC)CCOCC)C(=O)OC. The first kappa shape index (κ1) is 18.4. The predicted octanol–water partition coefficient (Wildman–Crippen LogP) is 1.28. The molecule has 19 heavy (non-hydrogen) atoms. The fourth-order valence-electron chi connectivity index (χ4n) is 2.03. The Morgan fingerprint density at radius 2 is 1.95 bits per heavy atom. The van der Waals surface area contributed by atoms with E-state index in [0.717, 1.165) is 45.8 Å². The third-order valence-electron chi connectivity index (χ3n) is 3.33. The van der Waals surface area contributed by atoms with E-state index in [2.05, 4.69) is 17.1 Å². The molecule has 5 nitrogen and oxygen atoms in total. The maximum atomic E-state index is 11.9. The smallest absolute Gasteiger partial charge is 0.325 e. The third kappa shape index (κ3) is 6.89. The van der Waals surface area contributed by atoms with E-state index in [1.807, 2.05) is 20.8 Å². The van der Waals surface area contributed by atoms with Crippen LogP contribution in [0.4, 0.5) is 0 Å². The first-order valence-electron chi connectivity index (χ1n) is 7.17. The monoisotopic (exact) mass is 274 g/mol. The highest BCUT2D eigenvalue weighted by Gasteiger charge is 2.33. The van der Waals surface area contributed by atoms with Crippen LogP contribution in [0, 0.1) is 0 Å². The summed E-state index contributed by atoms with van der Waals surface area (Å²) in [6.07, 6.45) is 0.730. The summed E-state index contributed by atoms with van der Waals surface area (Å²) in [7, 11) is 1.44. The number of nitrogens with one attached hydrogen (secondary N) is 1. The third-order valence-corrected chi connectivity index (χ3v) is 3.33. The number of rotatable bonds is 11. The molecule has 0 spiro atoms. The molecule has 1 atom stereocenters. The van der Waals surface area contributed by atoms with Gasteiger partial charge in [-0.2, -0.15) is 0 Å². The molecule has 0 aliphatic carbocycles. The van der Waals surface area contributed by atoms with Crippen molar-refractivity contribution in [1.82, 2.24) is 10.2 Å². The van der Waals surface area contributed by atoms with Crippen molar-refractivity contribution in [3.63, 3.8) is 0 Å². The van der Waals surface area contributed by atoms with Crippen molar-refractivity contribution >= 4 is 5.97 Å². The second kappa shape index (κ2) is 10.2. The minimum Gasteiger partial charge on any atom is -0.468 e. The van der Waals surface area contributed by atoms with Gasteiger partial charge in [-0.05, 0) is 33.4 Å². The Kier molecular flexibility index (Phi) is 9.83. The van der Waals surface area contributed by atoms with Crippen LogP contribution in [0.5, 0.6) is 0 Å². The average Bonchev–Trinajstić information content (AvgIpc) is 2.42. The van der Waals surface area contributed by atoms with E-state index in [1.165, 1.54) is 7.11 Å². The summed E-state index contributed by atoms with van der Waals surface area (Å²) in [6.45, 7) is 12.9. The Morgan fingerprint density at radius 3 is 2.42 bits per heavy atom. The van der Waals surface area contributed by atoms with Gasteiger partial charge < -0.3 is 19.7 Å². The molecule has 0 saturated carbocycles. The van der Waals surface area contributed by atoms with E-state index in [4.69, 9.17) is 9.47 Å². The molecule has 0 aromatic heterocycles. The molecule has 0 bridgehead atoms. The topological polar surface area (TPSA) is 50.8 Å². The van der Waals surface area contributed by atoms with Gasteiger partial charge in [-0.3, -0.25) is 4.79 Å². The van der Waals surface area contributed by atoms with E-state index in [9.17, 15) is 4.79 Å². The Morgan fingerprint density at radius 1 is 1.26 bits per heavy atom. The molecular formula is C14H30N2O3. The predicted molar refractivity (Wildman–Crippen MR) is 77.3 cm³/mol. The molecule has 0 aliphatic heterocycles. The Labute approximate surface area is 117 Å². The lowest BCUT2D eigenvalue weighted by Crippen LogP contribution is -2.52. The number of ether oxygens (including phenoxy) is 2. The molecular weight excluding hydrogens is 244 g/mol. The summed E-state index contributed by atoms with van der Waals surface area (Å²) in [5.41, 5.74) is -0.609. The molecule has 0 heterocycles. The number of methoxy groups -OCH3 is 1. The lowest BCUT2D eigenvalue weighted by molar-refractivity contribution is -0.148. The van der Waals surface area contributed by atoms with Gasteiger partial charge in [0.25, 0.3) is 0 Å². The maximum Gasteiger partial charge on any atom is 0.325 e. The van der Waals surface area contributed by atoms with E-state index in [0.29, 0.717) is 0 Å². The summed E-state index contributed by atoms with van der Waals surface area (Å²) >= 11 is 0. The number of carbonyl (C=O) groups is 1. The molecule has 0 aromatic carbocycles. The second-order valence-corrected chi connectivity index (χ2v) is 4.74. The van der Waals surface area contributed by atoms with Crippen LogP contribution in [0.3, 0.4) is 0 Å². The molecule has 114 valence electrons. The van der Waals surface area contributed by atoms with Gasteiger partial charge in [0, 0.05) is 19.7 Å². The van der Waals surface area contributed by atoms with Gasteiger partial charge in [-0.15, -0.1) is 0 Å². The minimum absolute atomic E-state index is 0.199. The van der Waals surface area contributed by atoms with Gasteiger partial charge in [-0.1, -0.05) is 13.8 Å². The fraction of sp³-hybridized carbons (Fsp3) is 0.929. The Bertz CT molecular complexity index is 249. The number of carbonyl (C=O) groups excluding carboxylic acids is 1. The first-order valence-corrected chi connectivity index (χ1v) is 7.17. The molecule has 0 radical (unpaired) electrons. The van der Waals surface area contributed by atoms with Crippen LogP contribution in [0.1, 0.15) is 34.1 Å². The molecule has 5 heteroatoms. The first-order chi connectivity index (χ1) is 9.03. The van der Waals surface area contributed by atoms with E-state index in [-0.39, 0.29) is 5.97 Å². The van der Waals surface area contributed by atoms with Gasteiger partial charge in [0.15, 0.2) is 0 Å². The molecule has 1 unspecified atom stereocenters. The van der Waals surface area contributed by atoms with Crippen LogP contribution in [0.15, 0.2) is 0 Å². The molecule has 0 saturated heterocycles. The maximum absolute atomic E-state index is 11.9. The van der Waals surface area contributed by atoms with Crippen LogP contribution < -0.4 is 5.32 Å². The van der Waals surface area contributed by atoms with Crippen molar-refractivity contribution in [2.75, 3.05) is 46.5 Å². The van der Waals surface area contributed by atoms with E-state index in [1.54, 1.807) is 0 Å². The van der Waals surface area contributed by atoms with Crippen molar-refractivity contribution in [3.05, 3.63) is 0 Å². The highest BCUT2D eigenvalue weighted by Crippen LogP contribution is 2.13. The van der Waals surface area contributed by atoms with Crippen LogP contribution in [0.25, 0.3) is 0 Å². The van der Waals surface area contributed by atoms with Gasteiger partial charge >= 0.3 is 5.97 Å². The van der Waals surface area contributed by atoms with Crippen molar-refractivity contribution in [2.24, 2.45) is 0 Å². The van der Waals surface area contributed by atoms with Crippen molar-refractivity contribution in [1.29, 1.82) is 0 Å². The van der Waals surface area contributed by atoms with Crippen molar-refractivity contribution < 1.29 is 14.3 Å². The summed E-state index contributed by atoms with van der Waals surface area (Å²) in [6, 6.07) is 0. The van der Waals surface area contributed by atoms with Gasteiger partial charge in [0.1, 0.15) is 5.54 Å². The Hall–Kier alpha value is -0.650. The van der Waals surface area contributed by atoms with Crippen LogP contribution in [0.2, 0.25) is 0 Å². The zero-order valence-corrected chi connectivity index (χ0v) is 13.1. The lowest BCUT2D eigenvalue weighted by atomic mass is 9.97. The lowest BCUT2D eigenvalue weighted by Gasteiger charge is -2.30. The minimum atomic E-state index is -0.609. The van der Waals surface area contributed by atoms with Gasteiger partial charge in [0.05, 0.1) is 13.7 Å². The zero-order valence-electron chi connectivity index (χ0n) is 13.1. The molecule has 0 aromatic rings. The summed E-state index contributed by atoms with van der Waals surface area (Å²) in [5.74, 6) is -0.199. The summed E-state index contributed by atoms with van der Waals surface area (Å²) in [4.78, 5) is 14.1. The number of hydrogen-bond acceptors (Lipinski definition) is 5. The number of likely N-dealkylation sites (N-methyl/N-ethyl adjacent to an activating group) is 2. The van der Waals surface area contributed by atoms with E-state index < -0.39 is 5.54 Å². The molecule has 0 rings (SSSR count). The second-order valence-electron chi connectivity index (χ2n) is 4.74. The summed E-state index contributed by atoms with van der Waals surface area (Å²) < 4.78 is 10.3.